The standard InChI is InChI=1S/C20H31BrN2O3/c1-15-6-5-8-23(13-15)14-16-10-17(21)12-18(11-16)25-9-7-22-19(24)26-20(2,3)4/h10-12,15H,5-9,13-14H2,1-4H3,(H,22,24). The molecule has 1 aliphatic heterocycles. The average Bonchev–Trinajstić information content (AvgIpc) is 2.49. The molecular weight excluding hydrogens is 396 g/mol. The molecule has 0 spiro atoms. The molecular formula is C20H31BrN2O3. The molecule has 1 N–H and O–H groups in total. The van der Waals surface area contributed by atoms with Crippen molar-refractivity contribution in [1.82, 2.24) is 10.2 Å². The lowest BCUT2D eigenvalue weighted by atomic mass is 10.00. The number of hydrogen-bond donors (Lipinski definition) is 1. The van der Waals surface area contributed by atoms with E-state index in [1.165, 1.54) is 18.4 Å². The Hall–Kier alpha value is -1.27. The Labute approximate surface area is 165 Å². The third-order valence-electron chi connectivity index (χ3n) is 4.12. The van der Waals surface area contributed by atoms with Gasteiger partial charge in [-0.05, 0) is 69.8 Å². The van der Waals surface area contributed by atoms with Crippen LogP contribution in [-0.4, -0.2) is 42.8 Å². The molecule has 0 bridgehead atoms. The zero-order chi connectivity index (χ0) is 19.2. The molecule has 1 heterocycles. The van der Waals surface area contributed by atoms with E-state index in [-0.39, 0.29) is 0 Å². The normalized spacial score (nSPS) is 18.4. The van der Waals surface area contributed by atoms with Crippen LogP contribution in [0, 0.1) is 5.92 Å². The number of benzene rings is 1. The fourth-order valence-corrected chi connectivity index (χ4v) is 3.64. The molecule has 2 rings (SSSR count). The Morgan fingerprint density at radius 1 is 1.35 bits per heavy atom. The van der Waals surface area contributed by atoms with Crippen molar-refractivity contribution in [1.29, 1.82) is 0 Å². The highest BCUT2D eigenvalue weighted by Crippen LogP contribution is 2.24. The molecule has 1 unspecified atom stereocenters. The highest BCUT2D eigenvalue weighted by molar-refractivity contribution is 9.10. The molecule has 1 aliphatic rings. The number of carbonyl (C=O) groups is 1. The quantitative estimate of drug-likeness (QED) is 0.675. The molecule has 1 amide bonds. The summed E-state index contributed by atoms with van der Waals surface area (Å²) >= 11 is 3.57. The number of alkyl carbamates (subject to hydrolysis) is 1. The monoisotopic (exact) mass is 426 g/mol. The third kappa shape index (κ3) is 7.96. The molecule has 0 aliphatic carbocycles. The van der Waals surface area contributed by atoms with Crippen LogP contribution in [0.4, 0.5) is 4.79 Å². The summed E-state index contributed by atoms with van der Waals surface area (Å²) in [5.41, 5.74) is 0.749. The summed E-state index contributed by atoms with van der Waals surface area (Å²) in [6.07, 6.45) is 2.18. The summed E-state index contributed by atoms with van der Waals surface area (Å²) in [6, 6.07) is 6.18. The number of nitrogens with zero attached hydrogens (tertiary/aromatic N) is 1. The van der Waals surface area contributed by atoms with Crippen LogP contribution in [0.3, 0.4) is 0 Å². The number of nitrogens with one attached hydrogen (secondary N) is 1. The van der Waals surface area contributed by atoms with Crippen LogP contribution in [0.15, 0.2) is 22.7 Å². The second-order valence-corrected chi connectivity index (χ2v) is 8.97. The largest absolute Gasteiger partial charge is 0.492 e. The molecule has 0 radical (unpaired) electrons. The first kappa shape index (κ1) is 21.0. The van der Waals surface area contributed by atoms with Crippen molar-refractivity contribution in [3.8, 4) is 5.75 Å². The SMILES string of the molecule is CC1CCCN(Cc2cc(Br)cc(OCCNC(=O)OC(C)(C)C)c2)C1. The van der Waals surface area contributed by atoms with E-state index in [1.807, 2.05) is 26.8 Å². The van der Waals surface area contributed by atoms with Gasteiger partial charge in [0, 0.05) is 17.6 Å². The van der Waals surface area contributed by atoms with Crippen LogP contribution in [0.2, 0.25) is 0 Å². The molecule has 0 saturated carbocycles. The van der Waals surface area contributed by atoms with E-state index >= 15 is 0 Å². The first-order valence-electron chi connectivity index (χ1n) is 9.33. The molecule has 0 aromatic heterocycles. The summed E-state index contributed by atoms with van der Waals surface area (Å²) < 4.78 is 12.0. The van der Waals surface area contributed by atoms with Gasteiger partial charge >= 0.3 is 6.09 Å². The number of likely N-dealkylation sites (tertiary alicyclic amines) is 1. The summed E-state index contributed by atoms with van der Waals surface area (Å²) in [5.74, 6) is 1.58. The highest BCUT2D eigenvalue weighted by atomic mass is 79.9. The van der Waals surface area contributed by atoms with Gasteiger partial charge in [-0.3, -0.25) is 4.90 Å². The lowest BCUT2D eigenvalue weighted by Crippen LogP contribution is -2.34. The second-order valence-electron chi connectivity index (χ2n) is 8.05. The van der Waals surface area contributed by atoms with Crippen molar-refractivity contribution < 1.29 is 14.3 Å². The van der Waals surface area contributed by atoms with Gasteiger partial charge in [-0.25, -0.2) is 4.79 Å². The maximum atomic E-state index is 11.6. The smallest absolute Gasteiger partial charge is 0.407 e. The summed E-state index contributed by atoms with van der Waals surface area (Å²) in [4.78, 5) is 14.1. The van der Waals surface area contributed by atoms with Gasteiger partial charge in [0.05, 0.1) is 6.54 Å². The van der Waals surface area contributed by atoms with Crippen molar-refractivity contribution in [2.45, 2.75) is 52.7 Å². The van der Waals surface area contributed by atoms with E-state index in [0.29, 0.717) is 13.2 Å². The van der Waals surface area contributed by atoms with E-state index in [4.69, 9.17) is 9.47 Å². The van der Waals surface area contributed by atoms with Gasteiger partial charge in [0.25, 0.3) is 0 Å². The minimum Gasteiger partial charge on any atom is -0.492 e. The van der Waals surface area contributed by atoms with E-state index < -0.39 is 11.7 Å². The highest BCUT2D eigenvalue weighted by Gasteiger charge is 2.17. The fraction of sp³-hybridized carbons (Fsp3) is 0.650. The van der Waals surface area contributed by atoms with E-state index in [9.17, 15) is 4.79 Å². The van der Waals surface area contributed by atoms with Gasteiger partial charge in [0.2, 0.25) is 0 Å². The van der Waals surface area contributed by atoms with Gasteiger partial charge in [-0.1, -0.05) is 22.9 Å². The number of ether oxygens (including phenoxy) is 2. The Morgan fingerprint density at radius 3 is 2.81 bits per heavy atom. The minimum absolute atomic E-state index is 0.399. The van der Waals surface area contributed by atoms with Crippen molar-refractivity contribution in [2.24, 2.45) is 5.92 Å². The van der Waals surface area contributed by atoms with Crippen LogP contribution in [0.5, 0.6) is 5.75 Å². The number of rotatable bonds is 6. The fourth-order valence-electron chi connectivity index (χ4n) is 3.12. The molecule has 1 saturated heterocycles. The lowest BCUT2D eigenvalue weighted by molar-refractivity contribution is 0.0520. The number of halogens is 1. The van der Waals surface area contributed by atoms with Gasteiger partial charge in [-0.2, -0.15) is 0 Å². The van der Waals surface area contributed by atoms with Gasteiger partial charge in [0.1, 0.15) is 18.0 Å². The summed E-state index contributed by atoms with van der Waals surface area (Å²) in [5, 5.41) is 2.70. The molecule has 146 valence electrons. The van der Waals surface area contributed by atoms with Crippen molar-refractivity contribution in [3.05, 3.63) is 28.2 Å². The first-order valence-corrected chi connectivity index (χ1v) is 10.1. The van der Waals surface area contributed by atoms with Crippen molar-refractivity contribution in [2.75, 3.05) is 26.2 Å². The van der Waals surface area contributed by atoms with E-state index in [1.54, 1.807) is 0 Å². The Bertz CT molecular complexity index is 601. The van der Waals surface area contributed by atoms with Crippen LogP contribution in [0.1, 0.15) is 46.1 Å². The number of hydrogen-bond acceptors (Lipinski definition) is 4. The van der Waals surface area contributed by atoms with Crippen molar-refractivity contribution >= 4 is 22.0 Å². The van der Waals surface area contributed by atoms with Crippen LogP contribution >= 0.6 is 15.9 Å². The van der Waals surface area contributed by atoms with Crippen LogP contribution in [0.25, 0.3) is 0 Å². The molecule has 1 aromatic carbocycles. The third-order valence-corrected chi connectivity index (χ3v) is 4.58. The molecule has 1 fully saturated rings. The predicted octanol–water partition coefficient (Wildman–Crippen LogP) is 4.58. The predicted molar refractivity (Wildman–Crippen MR) is 108 cm³/mol. The molecule has 1 atom stereocenters. The number of piperidine rings is 1. The Balaban J connectivity index is 1.80. The summed E-state index contributed by atoms with van der Waals surface area (Å²) in [6.45, 7) is 11.9. The molecule has 5 nitrogen and oxygen atoms in total. The minimum atomic E-state index is -0.490. The zero-order valence-electron chi connectivity index (χ0n) is 16.3. The van der Waals surface area contributed by atoms with Gasteiger partial charge in [-0.15, -0.1) is 0 Å². The number of carbonyl (C=O) groups excluding carboxylic acids is 1. The maximum Gasteiger partial charge on any atom is 0.407 e. The van der Waals surface area contributed by atoms with Gasteiger partial charge < -0.3 is 14.8 Å². The van der Waals surface area contributed by atoms with E-state index in [0.717, 1.165) is 35.8 Å². The molecule has 1 aromatic rings. The number of amides is 1. The molecule has 26 heavy (non-hydrogen) atoms. The van der Waals surface area contributed by atoms with Crippen LogP contribution in [-0.2, 0) is 11.3 Å². The van der Waals surface area contributed by atoms with Crippen LogP contribution < -0.4 is 10.1 Å². The lowest BCUT2D eigenvalue weighted by Gasteiger charge is -2.30. The second kappa shape index (κ2) is 9.60. The Morgan fingerprint density at radius 2 is 2.12 bits per heavy atom. The van der Waals surface area contributed by atoms with E-state index in [2.05, 4.69) is 45.2 Å². The topological polar surface area (TPSA) is 50.8 Å². The zero-order valence-corrected chi connectivity index (χ0v) is 17.9. The average molecular weight is 427 g/mol. The maximum absolute atomic E-state index is 11.6. The summed E-state index contributed by atoms with van der Waals surface area (Å²) in [7, 11) is 0. The first-order chi connectivity index (χ1) is 12.2. The van der Waals surface area contributed by atoms with Crippen molar-refractivity contribution in [3.63, 3.8) is 0 Å². The molecule has 6 heteroatoms. The Kier molecular flexibility index (Phi) is 7.77. The van der Waals surface area contributed by atoms with Gasteiger partial charge in [0.15, 0.2) is 0 Å².